The van der Waals surface area contributed by atoms with Gasteiger partial charge in [0.25, 0.3) is 0 Å². The number of rotatable bonds is 2. The molecule has 2 aliphatic rings. The van der Waals surface area contributed by atoms with Gasteiger partial charge in [0.05, 0.1) is 22.1 Å². The molecule has 8 aromatic carbocycles. The Bertz CT molecular complexity index is 2890. The number of hydrogen-bond acceptors (Lipinski definition) is 1. The Morgan fingerprint density at radius 2 is 0.911 bits per heavy atom. The summed E-state index contributed by atoms with van der Waals surface area (Å²) in [6, 6.07) is 52.6. The van der Waals surface area contributed by atoms with Crippen LogP contribution in [0.2, 0.25) is 0 Å². The van der Waals surface area contributed by atoms with Crippen molar-refractivity contribution in [2.75, 3.05) is 0 Å². The molecule has 0 N–H and O–H groups in total. The lowest BCUT2D eigenvalue weighted by Crippen LogP contribution is -2.10. The smallest absolute Gasteiger partial charge is 0.205 e. The normalized spacial score (nSPS) is 12.4. The molecule has 9 aromatic rings. The third-order valence-electron chi connectivity index (χ3n) is 9.83. The molecule has 0 fully saturated rings. The van der Waals surface area contributed by atoms with Crippen LogP contribution in [-0.2, 0) is 0 Å². The Morgan fingerprint density at radius 3 is 1.56 bits per heavy atom. The van der Waals surface area contributed by atoms with E-state index in [0.29, 0.717) is 0 Å². The van der Waals surface area contributed by atoms with Gasteiger partial charge in [-0.1, -0.05) is 109 Å². The van der Waals surface area contributed by atoms with Gasteiger partial charge in [-0.2, -0.15) is 0 Å². The molecule has 3 heterocycles. The second-order valence-corrected chi connectivity index (χ2v) is 12.1. The lowest BCUT2D eigenvalue weighted by Gasteiger charge is -2.30. The molecule has 0 saturated heterocycles. The maximum absolute atomic E-state index is 6.71. The van der Waals surface area contributed by atoms with Crippen LogP contribution in [-0.4, -0.2) is 9.13 Å². The first-order chi connectivity index (χ1) is 22.4. The van der Waals surface area contributed by atoms with Gasteiger partial charge < -0.3 is 8.98 Å². The van der Waals surface area contributed by atoms with Crippen LogP contribution in [0.5, 0.6) is 0 Å². The van der Waals surface area contributed by atoms with Gasteiger partial charge in [-0.3, -0.25) is 4.57 Å². The van der Waals surface area contributed by atoms with Crippen LogP contribution in [0.3, 0.4) is 0 Å². The van der Waals surface area contributed by atoms with Crippen molar-refractivity contribution in [3.8, 4) is 22.7 Å². The highest BCUT2D eigenvalue weighted by molar-refractivity contribution is 6.37. The van der Waals surface area contributed by atoms with Crippen molar-refractivity contribution in [3.05, 3.63) is 146 Å². The van der Waals surface area contributed by atoms with Gasteiger partial charge in [-0.05, 0) is 51.9 Å². The molecule has 0 aliphatic carbocycles. The Hall–Kier alpha value is -6.06. The number of pyridine rings is 2. The van der Waals surface area contributed by atoms with Gasteiger partial charge in [0.15, 0.2) is 0 Å². The molecule has 0 atom stereocenters. The molecule has 0 unspecified atom stereocenters. The summed E-state index contributed by atoms with van der Waals surface area (Å²) in [5.74, 6) is 0.827. The molecule has 0 amide bonds. The standard InChI is InChI=1S/C42H24N2O/c1-2-13-26(14-3-1)43-33-21-10-19-29-28-16-6-8-18-32(28)42-40(37(29)33)39-38-30(27-15-5-7-17-31(27)41(39)43)20-11-22-34(38)44(42)36-24-25-12-4-9-23-35(25)45-36/h1-24H. The molecular formula is C42H24N2O. The minimum absolute atomic E-state index is 0.827. The second kappa shape index (κ2) is 8.31. The minimum atomic E-state index is 0.827. The molecule has 1 aromatic heterocycles. The van der Waals surface area contributed by atoms with E-state index in [-0.39, 0.29) is 0 Å². The predicted octanol–water partition coefficient (Wildman–Crippen LogP) is 11.5. The zero-order chi connectivity index (χ0) is 29.2. The maximum Gasteiger partial charge on any atom is 0.205 e. The fourth-order valence-electron chi connectivity index (χ4n) is 8.13. The fraction of sp³-hybridized carbons (Fsp3) is 0. The van der Waals surface area contributed by atoms with Crippen molar-refractivity contribution in [3.63, 3.8) is 0 Å². The molecular weight excluding hydrogens is 548 g/mol. The summed E-state index contributed by atoms with van der Waals surface area (Å²) in [5.41, 5.74) is 9.35. The SMILES string of the molecule is c1ccc(-n2c3cccc4c5ccccc5c5c(c43)-c3c4c(cccc4n5-c4cc5ccccc5o4)c4ccccc4c32)cc1. The maximum atomic E-state index is 6.71. The molecule has 0 saturated carbocycles. The highest BCUT2D eigenvalue weighted by atomic mass is 16.4. The minimum Gasteiger partial charge on any atom is -0.440 e. The van der Waals surface area contributed by atoms with E-state index in [9.17, 15) is 0 Å². The molecule has 2 aliphatic heterocycles. The van der Waals surface area contributed by atoms with E-state index >= 15 is 0 Å². The number of nitrogens with zero attached hydrogens (tertiary/aromatic N) is 2. The van der Waals surface area contributed by atoms with Gasteiger partial charge in [-0.25, -0.2) is 0 Å². The van der Waals surface area contributed by atoms with Gasteiger partial charge >= 0.3 is 0 Å². The van der Waals surface area contributed by atoms with Crippen molar-refractivity contribution in [2.45, 2.75) is 0 Å². The van der Waals surface area contributed by atoms with E-state index in [4.69, 9.17) is 4.42 Å². The van der Waals surface area contributed by atoms with Crippen molar-refractivity contribution >= 4 is 76.1 Å². The Balaban J connectivity index is 1.55. The van der Waals surface area contributed by atoms with E-state index in [1.165, 1.54) is 70.8 Å². The van der Waals surface area contributed by atoms with Gasteiger partial charge in [0.1, 0.15) is 5.58 Å². The second-order valence-electron chi connectivity index (χ2n) is 12.1. The van der Waals surface area contributed by atoms with Crippen molar-refractivity contribution in [1.29, 1.82) is 0 Å². The molecule has 0 radical (unpaired) electrons. The van der Waals surface area contributed by atoms with E-state index < -0.39 is 0 Å². The van der Waals surface area contributed by atoms with Gasteiger partial charge in [-0.15, -0.1) is 0 Å². The Morgan fingerprint density at radius 1 is 0.400 bits per heavy atom. The highest BCUT2D eigenvalue weighted by Crippen LogP contribution is 2.54. The van der Waals surface area contributed by atoms with Crippen LogP contribution in [0.15, 0.2) is 150 Å². The molecule has 45 heavy (non-hydrogen) atoms. The van der Waals surface area contributed by atoms with Crippen LogP contribution in [0.1, 0.15) is 0 Å². The van der Waals surface area contributed by atoms with E-state index in [1.54, 1.807) is 0 Å². The lowest BCUT2D eigenvalue weighted by atomic mass is 9.83. The van der Waals surface area contributed by atoms with Gasteiger partial charge in [0.2, 0.25) is 5.88 Å². The van der Waals surface area contributed by atoms with Crippen molar-refractivity contribution in [1.82, 2.24) is 9.13 Å². The number of hydrogen-bond donors (Lipinski definition) is 0. The molecule has 0 spiro atoms. The predicted molar refractivity (Wildman–Crippen MR) is 188 cm³/mol. The van der Waals surface area contributed by atoms with E-state index in [2.05, 4.69) is 149 Å². The largest absolute Gasteiger partial charge is 0.440 e. The van der Waals surface area contributed by atoms with E-state index in [1.807, 2.05) is 6.07 Å². The highest BCUT2D eigenvalue weighted by Gasteiger charge is 2.31. The average Bonchev–Trinajstić information content (AvgIpc) is 3.54. The van der Waals surface area contributed by atoms with Crippen LogP contribution < -0.4 is 0 Å². The summed E-state index contributed by atoms with van der Waals surface area (Å²) in [6.07, 6.45) is 0. The topological polar surface area (TPSA) is 23.0 Å². The molecule has 3 heteroatoms. The molecule has 208 valence electrons. The summed E-state index contributed by atoms with van der Waals surface area (Å²) >= 11 is 0. The number of furan rings is 1. The zero-order valence-corrected chi connectivity index (χ0v) is 24.2. The lowest BCUT2D eigenvalue weighted by molar-refractivity contribution is 0.589. The Labute approximate surface area is 257 Å². The van der Waals surface area contributed by atoms with Crippen molar-refractivity contribution in [2.24, 2.45) is 0 Å². The third kappa shape index (κ3) is 2.86. The summed E-state index contributed by atoms with van der Waals surface area (Å²) in [4.78, 5) is 0. The number of fused-ring (bicyclic) bond motifs is 7. The number of benzene rings is 8. The van der Waals surface area contributed by atoms with Gasteiger partial charge in [0, 0.05) is 49.8 Å². The van der Waals surface area contributed by atoms with E-state index in [0.717, 1.165) is 28.1 Å². The quantitative estimate of drug-likeness (QED) is 0.149. The first-order valence-electron chi connectivity index (χ1n) is 15.5. The molecule has 3 nitrogen and oxygen atoms in total. The third-order valence-corrected chi connectivity index (χ3v) is 9.83. The first-order valence-corrected chi connectivity index (χ1v) is 15.5. The number of para-hydroxylation sites is 2. The fourth-order valence-corrected chi connectivity index (χ4v) is 8.13. The molecule has 11 rings (SSSR count). The monoisotopic (exact) mass is 572 g/mol. The summed E-state index contributed by atoms with van der Waals surface area (Å²) in [5, 5.41) is 11.1. The number of aromatic nitrogens is 2. The summed E-state index contributed by atoms with van der Waals surface area (Å²) in [6.45, 7) is 0. The summed E-state index contributed by atoms with van der Waals surface area (Å²) in [7, 11) is 0. The van der Waals surface area contributed by atoms with Crippen molar-refractivity contribution < 1.29 is 4.42 Å². The first kappa shape index (κ1) is 23.4. The summed E-state index contributed by atoms with van der Waals surface area (Å²) < 4.78 is 11.6. The van der Waals surface area contributed by atoms with Crippen LogP contribution in [0, 0.1) is 0 Å². The van der Waals surface area contributed by atoms with Crippen LogP contribution >= 0.6 is 0 Å². The Kier molecular flexibility index (Phi) is 4.32. The van der Waals surface area contributed by atoms with Crippen LogP contribution in [0.4, 0.5) is 0 Å². The zero-order valence-electron chi connectivity index (χ0n) is 24.2. The molecule has 0 bridgehead atoms. The average molecular weight is 573 g/mol. The van der Waals surface area contributed by atoms with Crippen LogP contribution in [0.25, 0.3) is 98.8 Å².